The molecule has 0 radical (unpaired) electrons. The predicted octanol–water partition coefficient (Wildman–Crippen LogP) is 5.68. The van der Waals surface area contributed by atoms with Gasteiger partial charge in [-0.15, -0.1) is 0 Å². The highest BCUT2D eigenvalue weighted by Gasteiger charge is 2.33. The van der Waals surface area contributed by atoms with Crippen molar-refractivity contribution in [3.8, 4) is 0 Å². The number of nitrogens with zero attached hydrogens (tertiary/aromatic N) is 1. The van der Waals surface area contributed by atoms with Crippen LogP contribution >= 0.6 is 23.2 Å². The van der Waals surface area contributed by atoms with Crippen molar-refractivity contribution in [1.82, 2.24) is 0 Å². The molecule has 22 heavy (non-hydrogen) atoms. The molecule has 0 amide bonds. The third-order valence-corrected chi connectivity index (χ3v) is 4.24. The molecule has 0 saturated carbocycles. The molecule has 0 spiro atoms. The van der Waals surface area contributed by atoms with Crippen LogP contribution in [0.2, 0.25) is 10.0 Å². The van der Waals surface area contributed by atoms with E-state index in [1.807, 2.05) is 42.5 Å². The van der Waals surface area contributed by atoms with E-state index in [9.17, 15) is 0 Å². The zero-order valence-electron chi connectivity index (χ0n) is 12.5. The second kappa shape index (κ2) is 5.94. The van der Waals surface area contributed by atoms with Crippen molar-refractivity contribution >= 4 is 29.1 Å². The van der Waals surface area contributed by atoms with E-state index in [0.29, 0.717) is 15.9 Å². The first kappa shape index (κ1) is 15.4. The molecule has 0 aromatic heterocycles. The van der Waals surface area contributed by atoms with Gasteiger partial charge in [-0.1, -0.05) is 47.5 Å². The molecule has 0 aliphatic carbocycles. The normalized spacial score (nSPS) is 20.2. The summed E-state index contributed by atoms with van der Waals surface area (Å²) >= 11 is 12.3. The van der Waals surface area contributed by atoms with Gasteiger partial charge in [0.2, 0.25) is 5.90 Å². The zero-order chi connectivity index (χ0) is 15.7. The molecule has 0 N–H and O–H groups in total. The van der Waals surface area contributed by atoms with Gasteiger partial charge in [0.1, 0.15) is 6.10 Å². The topological polar surface area (TPSA) is 21.6 Å². The second-order valence-corrected chi connectivity index (χ2v) is 6.92. The van der Waals surface area contributed by atoms with Gasteiger partial charge in [0.15, 0.2) is 0 Å². The Balaban J connectivity index is 1.97. The molecule has 2 aromatic rings. The van der Waals surface area contributed by atoms with Gasteiger partial charge in [-0.2, -0.15) is 0 Å². The smallest absolute Gasteiger partial charge is 0.217 e. The van der Waals surface area contributed by atoms with Crippen LogP contribution in [0.15, 0.2) is 53.5 Å². The summed E-state index contributed by atoms with van der Waals surface area (Å²) < 4.78 is 6.14. The first-order valence-corrected chi connectivity index (χ1v) is 7.97. The summed E-state index contributed by atoms with van der Waals surface area (Å²) in [6, 6.07) is 15.5. The average Bonchev–Trinajstić information content (AvgIpc) is 2.46. The van der Waals surface area contributed by atoms with E-state index in [1.54, 1.807) is 6.07 Å². The number of halogens is 2. The Hall–Kier alpha value is -1.51. The Labute approximate surface area is 140 Å². The van der Waals surface area contributed by atoms with Crippen LogP contribution < -0.4 is 0 Å². The highest BCUT2D eigenvalue weighted by atomic mass is 35.5. The molecule has 2 aromatic carbocycles. The number of ether oxygens (including phenoxy) is 1. The van der Waals surface area contributed by atoms with E-state index in [4.69, 9.17) is 32.9 Å². The fourth-order valence-electron chi connectivity index (χ4n) is 2.63. The summed E-state index contributed by atoms with van der Waals surface area (Å²) in [4.78, 5) is 4.73. The van der Waals surface area contributed by atoms with Crippen LogP contribution in [0, 0.1) is 0 Å². The fraction of sp³-hybridized carbons (Fsp3) is 0.278. The van der Waals surface area contributed by atoms with Gasteiger partial charge in [-0.25, -0.2) is 4.99 Å². The quantitative estimate of drug-likeness (QED) is 0.692. The van der Waals surface area contributed by atoms with Gasteiger partial charge in [0.25, 0.3) is 0 Å². The SMILES string of the molecule is CC1(C)C[C@@H](c2ccc(Cl)cc2Cl)OC(c2ccccc2)=N1. The standard InChI is InChI=1S/C18H17Cl2NO/c1-18(2)11-16(14-9-8-13(19)10-15(14)20)22-17(21-18)12-6-4-3-5-7-12/h3-10,16H,11H2,1-2H3/t16-/m0/s1. The summed E-state index contributed by atoms with van der Waals surface area (Å²) in [5.74, 6) is 0.660. The third kappa shape index (κ3) is 3.29. The van der Waals surface area contributed by atoms with E-state index in [-0.39, 0.29) is 11.6 Å². The molecular weight excluding hydrogens is 317 g/mol. The van der Waals surface area contributed by atoms with Crippen LogP contribution in [0.3, 0.4) is 0 Å². The van der Waals surface area contributed by atoms with E-state index < -0.39 is 0 Å². The zero-order valence-corrected chi connectivity index (χ0v) is 14.0. The molecule has 3 rings (SSSR count). The Morgan fingerprint density at radius 1 is 1.09 bits per heavy atom. The van der Waals surface area contributed by atoms with Gasteiger partial charge in [-0.3, -0.25) is 0 Å². The predicted molar refractivity (Wildman–Crippen MR) is 92.0 cm³/mol. The molecule has 2 nitrogen and oxygen atoms in total. The number of rotatable bonds is 2. The first-order chi connectivity index (χ1) is 10.4. The molecule has 1 atom stereocenters. The fourth-order valence-corrected chi connectivity index (χ4v) is 3.16. The molecule has 0 unspecified atom stereocenters. The van der Waals surface area contributed by atoms with E-state index in [1.165, 1.54) is 0 Å². The average molecular weight is 334 g/mol. The Kier molecular flexibility index (Phi) is 4.16. The van der Waals surface area contributed by atoms with Crippen molar-refractivity contribution in [2.45, 2.75) is 31.9 Å². The number of aliphatic imine (C=N–C) groups is 1. The molecule has 1 aliphatic heterocycles. The maximum Gasteiger partial charge on any atom is 0.217 e. The molecule has 4 heteroatoms. The van der Waals surface area contributed by atoms with Crippen LogP contribution in [0.4, 0.5) is 0 Å². The van der Waals surface area contributed by atoms with Crippen molar-refractivity contribution in [2.75, 3.05) is 0 Å². The number of hydrogen-bond acceptors (Lipinski definition) is 2. The molecule has 114 valence electrons. The van der Waals surface area contributed by atoms with Crippen LogP contribution in [0.5, 0.6) is 0 Å². The molecule has 0 bridgehead atoms. The van der Waals surface area contributed by atoms with E-state index in [2.05, 4.69) is 13.8 Å². The summed E-state index contributed by atoms with van der Waals surface area (Å²) in [7, 11) is 0. The Bertz CT molecular complexity index is 710. The van der Waals surface area contributed by atoms with Gasteiger partial charge < -0.3 is 4.74 Å². The summed E-state index contributed by atoms with van der Waals surface area (Å²) in [5, 5.41) is 1.25. The highest BCUT2D eigenvalue weighted by molar-refractivity contribution is 6.35. The monoisotopic (exact) mass is 333 g/mol. The summed E-state index contributed by atoms with van der Waals surface area (Å²) in [6.07, 6.45) is 0.637. The van der Waals surface area contributed by atoms with Crippen LogP contribution in [-0.2, 0) is 4.74 Å². The molecule has 1 heterocycles. The first-order valence-electron chi connectivity index (χ1n) is 7.21. The minimum absolute atomic E-state index is 0.132. The van der Waals surface area contributed by atoms with E-state index >= 15 is 0 Å². The van der Waals surface area contributed by atoms with Crippen molar-refractivity contribution < 1.29 is 4.74 Å². The van der Waals surface area contributed by atoms with Gasteiger partial charge in [0.05, 0.1) is 5.54 Å². The van der Waals surface area contributed by atoms with Crippen LogP contribution in [-0.4, -0.2) is 11.4 Å². The van der Waals surface area contributed by atoms with Crippen molar-refractivity contribution in [3.05, 3.63) is 69.7 Å². The number of hydrogen-bond donors (Lipinski definition) is 0. The maximum atomic E-state index is 6.35. The Morgan fingerprint density at radius 2 is 1.82 bits per heavy atom. The molecule has 0 saturated heterocycles. The third-order valence-electron chi connectivity index (χ3n) is 3.67. The second-order valence-electron chi connectivity index (χ2n) is 6.07. The van der Waals surface area contributed by atoms with Gasteiger partial charge >= 0.3 is 0 Å². The minimum atomic E-state index is -0.211. The summed E-state index contributed by atoms with van der Waals surface area (Å²) in [6.45, 7) is 4.21. The van der Waals surface area contributed by atoms with Crippen molar-refractivity contribution in [3.63, 3.8) is 0 Å². The molecule has 0 fully saturated rings. The van der Waals surface area contributed by atoms with E-state index in [0.717, 1.165) is 17.5 Å². The molecule has 1 aliphatic rings. The molecular formula is C18H17Cl2NO. The van der Waals surface area contributed by atoms with Crippen molar-refractivity contribution in [1.29, 1.82) is 0 Å². The van der Waals surface area contributed by atoms with Gasteiger partial charge in [0, 0.05) is 27.6 Å². The minimum Gasteiger partial charge on any atom is -0.469 e. The number of benzene rings is 2. The Morgan fingerprint density at radius 3 is 2.50 bits per heavy atom. The van der Waals surface area contributed by atoms with Crippen molar-refractivity contribution in [2.24, 2.45) is 4.99 Å². The summed E-state index contributed by atoms with van der Waals surface area (Å²) in [5.41, 5.74) is 1.71. The lowest BCUT2D eigenvalue weighted by molar-refractivity contribution is 0.131. The lowest BCUT2D eigenvalue weighted by Crippen LogP contribution is -2.31. The lowest BCUT2D eigenvalue weighted by Gasteiger charge is -2.34. The van der Waals surface area contributed by atoms with Crippen LogP contribution in [0.25, 0.3) is 0 Å². The lowest BCUT2D eigenvalue weighted by atomic mass is 9.91. The van der Waals surface area contributed by atoms with Crippen LogP contribution in [0.1, 0.15) is 37.5 Å². The van der Waals surface area contributed by atoms with Gasteiger partial charge in [-0.05, 0) is 38.1 Å². The largest absolute Gasteiger partial charge is 0.469 e. The maximum absolute atomic E-state index is 6.35. The highest BCUT2D eigenvalue weighted by Crippen LogP contribution is 2.38.